The molecule has 1 fully saturated rings. The van der Waals surface area contributed by atoms with Gasteiger partial charge in [0.1, 0.15) is 0 Å². The highest BCUT2D eigenvalue weighted by Gasteiger charge is 2.19. The van der Waals surface area contributed by atoms with E-state index in [0.717, 1.165) is 31.9 Å². The summed E-state index contributed by atoms with van der Waals surface area (Å²) in [4.78, 5) is 17.0. The van der Waals surface area contributed by atoms with Gasteiger partial charge in [-0.15, -0.1) is 0 Å². The first-order chi connectivity index (χ1) is 12.8. The molecule has 0 spiro atoms. The highest BCUT2D eigenvalue weighted by molar-refractivity contribution is 5.92. The molecule has 4 heteroatoms. The fraction of sp³-hybridized carbons (Fsp3) is 0.435. The Labute approximate surface area is 163 Å². The molecule has 0 radical (unpaired) electrons. The molecule has 144 valence electrons. The van der Waals surface area contributed by atoms with Gasteiger partial charge in [0.25, 0.3) is 0 Å². The lowest BCUT2D eigenvalue weighted by Gasteiger charge is -2.35. The fourth-order valence-electron chi connectivity index (χ4n) is 3.45. The molecule has 27 heavy (non-hydrogen) atoms. The van der Waals surface area contributed by atoms with E-state index in [1.165, 1.54) is 16.8 Å². The third-order valence-electron chi connectivity index (χ3n) is 5.14. The van der Waals surface area contributed by atoms with Crippen LogP contribution in [0, 0.1) is 6.92 Å². The number of amides is 1. The topological polar surface area (TPSA) is 35.6 Å². The van der Waals surface area contributed by atoms with Crippen LogP contribution in [-0.2, 0) is 10.2 Å². The second kappa shape index (κ2) is 8.13. The van der Waals surface area contributed by atoms with Crippen molar-refractivity contribution in [2.45, 2.75) is 33.1 Å². The van der Waals surface area contributed by atoms with Crippen molar-refractivity contribution >= 4 is 17.3 Å². The summed E-state index contributed by atoms with van der Waals surface area (Å²) in [6.07, 6.45) is 0. The van der Waals surface area contributed by atoms with E-state index >= 15 is 0 Å². The number of carbonyl (C=O) groups is 1. The van der Waals surface area contributed by atoms with E-state index in [1.807, 2.05) is 12.1 Å². The standard InChI is InChI=1S/C23H31N3O/c1-18-6-5-7-21(16-18)26-14-12-25(13-15-26)17-22(27)24-20-10-8-19(9-11-20)23(2,3)4/h5-11,16H,12-15,17H2,1-4H3,(H,24,27). The van der Waals surface area contributed by atoms with Gasteiger partial charge in [0.2, 0.25) is 5.91 Å². The zero-order valence-electron chi connectivity index (χ0n) is 17.0. The van der Waals surface area contributed by atoms with E-state index in [-0.39, 0.29) is 11.3 Å². The van der Waals surface area contributed by atoms with Crippen molar-refractivity contribution in [2.24, 2.45) is 0 Å². The predicted molar refractivity (Wildman–Crippen MR) is 114 cm³/mol. The summed E-state index contributed by atoms with van der Waals surface area (Å²) in [6.45, 7) is 12.9. The Morgan fingerprint density at radius 2 is 1.67 bits per heavy atom. The number of rotatable bonds is 4. The van der Waals surface area contributed by atoms with Crippen LogP contribution < -0.4 is 10.2 Å². The van der Waals surface area contributed by atoms with Crippen LogP contribution in [-0.4, -0.2) is 43.5 Å². The Balaban J connectivity index is 1.48. The number of benzene rings is 2. The van der Waals surface area contributed by atoms with Crippen molar-refractivity contribution in [2.75, 3.05) is 42.9 Å². The van der Waals surface area contributed by atoms with Crippen LogP contribution in [0.1, 0.15) is 31.9 Å². The summed E-state index contributed by atoms with van der Waals surface area (Å²) in [5.41, 5.74) is 4.82. The number of anilines is 2. The molecule has 1 heterocycles. The molecule has 1 aliphatic rings. The normalized spacial score (nSPS) is 15.6. The summed E-state index contributed by atoms with van der Waals surface area (Å²) >= 11 is 0. The second-order valence-corrected chi connectivity index (χ2v) is 8.48. The van der Waals surface area contributed by atoms with Crippen molar-refractivity contribution in [1.82, 2.24) is 4.90 Å². The lowest BCUT2D eigenvalue weighted by molar-refractivity contribution is -0.117. The van der Waals surface area contributed by atoms with Crippen LogP contribution in [0.4, 0.5) is 11.4 Å². The van der Waals surface area contributed by atoms with Gasteiger partial charge in [-0.1, -0.05) is 45.0 Å². The number of carbonyl (C=O) groups excluding carboxylic acids is 1. The molecule has 2 aromatic carbocycles. The summed E-state index contributed by atoms with van der Waals surface area (Å²) in [5.74, 6) is 0.0579. The quantitative estimate of drug-likeness (QED) is 0.888. The first-order valence-corrected chi connectivity index (χ1v) is 9.76. The lowest BCUT2D eigenvalue weighted by atomic mass is 9.87. The van der Waals surface area contributed by atoms with Gasteiger partial charge >= 0.3 is 0 Å². The van der Waals surface area contributed by atoms with E-state index in [4.69, 9.17) is 0 Å². The average Bonchev–Trinajstić information content (AvgIpc) is 2.62. The number of nitrogens with zero attached hydrogens (tertiary/aromatic N) is 2. The van der Waals surface area contributed by atoms with Crippen LogP contribution in [0.3, 0.4) is 0 Å². The molecule has 0 atom stereocenters. The Hall–Kier alpha value is -2.33. The summed E-state index contributed by atoms with van der Waals surface area (Å²) in [6, 6.07) is 16.8. The minimum atomic E-state index is 0.0579. The first-order valence-electron chi connectivity index (χ1n) is 9.76. The maximum atomic E-state index is 12.4. The SMILES string of the molecule is Cc1cccc(N2CCN(CC(=O)Nc3ccc(C(C)(C)C)cc3)CC2)c1. The second-order valence-electron chi connectivity index (χ2n) is 8.48. The van der Waals surface area contributed by atoms with Crippen molar-refractivity contribution < 1.29 is 4.79 Å². The number of piperazine rings is 1. The van der Waals surface area contributed by atoms with Crippen LogP contribution in [0.15, 0.2) is 48.5 Å². The molecule has 0 aliphatic carbocycles. The van der Waals surface area contributed by atoms with Crippen molar-refractivity contribution in [3.05, 3.63) is 59.7 Å². The van der Waals surface area contributed by atoms with Crippen molar-refractivity contribution in [1.29, 1.82) is 0 Å². The Bertz CT molecular complexity index is 769. The Kier molecular flexibility index (Phi) is 5.85. The Morgan fingerprint density at radius 3 is 2.26 bits per heavy atom. The molecule has 1 N–H and O–H groups in total. The maximum absolute atomic E-state index is 12.4. The first kappa shape index (κ1) is 19.4. The lowest BCUT2D eigenvalue weighted by Crippen LogP contribution is -2.48. The molecular formula is C23H31N3O. The summed E-state index contributed by atoms with van der Waals surface area (Å²) < 4.78 is 0. The zero-order chi connectivity index (χ0) is 19.4. The highest BCUT2D eigenvalue weighted by Crippen LogP contribution is 2.23. The van der Waals surface area contributed by atoms with Gasteiger partial charge in [-0.05, 0) is 47.7 Å². The molecule has 0 aromatic heterocycles. The van der Waals surface area contributed by atoms with Gasteiger partial charge in [-0.25, -0.2) is 0 Å². The highest BCUT2D eigenvalue weighted by atomic mass is 16.2. The largest absolute Gasteiger partial charge is 0.369 e. The molecule has 0 saturated carbocycles. The number of hydrogen-bond acceptors (Lipinski definition) is 3. The Morgan fingerprint density at radius 1 is 1.00 bits per heavy atom. The molecule has 4 nitrogen and oxygen atoms in total. The van der Waals surface area contributed by atoms with E-state index in [1.54, 1.807) is 0 Å². The van der Waals surface area contributed by atoms with Crippen molar-refractivity contribution in [3.8, 4) is 0 Å². The summed E-state index contributed by atoms with van der Waals surface area (Å²) in [5, 5.41) is 3.02. The minimum absolute atomic E-state index is 0.0579. The van der Waals surface area contributed by atoms with E-state index in [0.29, 0.717) is 6.54 Å². The van der Waals surface area contributed by atoms with E-state index < -0.39 is 0 Å². The van der Waals surface area contributed by atoms with Crippen LogP contribution in [0.2, 0.25) is 0 Å². The van der Waals surface area contributed by atoms with Gasteiger partial charge < -0.3 is 10.2 Å². The van der Waals surface area contributed by atoms with Crippen LogP contribution >= 0.6 is 0 Å². The van der Waals surface area contributed by atoms with Crippen molar-refractivity contribution in [3.63, 3.8) is 0 Å². The molecule has 2 aromatic rings. The third kappa shape index (κ3) is 5.33. The van der Waals surface area contributed by atoms with Gasteiger partial charge in [0.05, 0.1) is 6.54 Å². The van der Waals surface area contributed by atoms with Gasteiger partial charge in [0.15, 0.2) is 0 Å². The van der Waals surface area contributed by atoms with Gasteiger partial charge in [-0.3, -0.25) is 9.69 Å². The fourth-order valence-corrected chi connectivity index (χ4v) is 3.45. The molecule has 1 aliphatic heterocycles. The predicted octanol–water partition coefficient (Wildman–Crippen LogP) is 4.05. The van der Waals surface area contributed by atoms with E-state index in [2.05, 4.69) is 79.2 Å². The monoisotopic (exact) mass is 365 g/mol. The number of hydrogen-bond donors (Lipinski definition) is 1. The van der Waals surface area contributed by atoms with Gasteiger partial charge in [-0.2, -0.15) is 0 Å². The molecular weight excluding hydrogens is 334 g/mol. The van der Waals surface area contributed by atoms with Crippen LogP contribution in [0.25, 0.3) is 0 Å². The number of nitrogens with one attached hydrogen (secondary N) is 1. The zero-order valence-corrected chi connectivity index (χ0v) is 17.0. The smallest absolute Gasteiger partial charge is 0.238 e. The molecule has 1 amide bonds. The number of aryl methyl sites for hydroxylation is 1. The maximum Gasteiger partial charge on any atom is 0.238 e. The van der Waals surface area contributed by atoms with Gasteiger partial charge in [0, 0.05) is 37.6 Å². The minimum Gasteiger partial charge on any atom is -0.369 e. The van der Waals surface area contributed by atoms with E-state index in [9.17, 15) is 4.79 Å². The summed E-state index contributed by atoms with van der Waals surface area (Å²) in [7, 11) is 0. The molecule has 0 bridgehead atoms. The van der Waals surface area contributed by atoms with Crippen LogP contribution in [0.5, 0.6) is 0 Å². The molecule has 1 saturated heterocycles. The molecule has 0 unspecified atom stereocenters. The third-order valence-corrected chi connectivity index (χ3v) is 5.14. The molecule has 3 rings (SSSR count). The average molecular weight is 366 g/mol.